The third kappa shape index (κ3) is 10.0. The first-order chi connectivity index (χ1) is 10.7. The van der Waals surface area contributed by atoms with Crippen molar-refractivity contribution in [1.29, 1.82) is 0 Å². The molecule has 2 heteroatoms. The number of rotatable bonds is 13. The van der Waals surface area contributed by atoms with E-state index in [4.69, 9.17) is 0 Å². The minimum absolute atomic E-state index is 0.0672. The highest BCUT2D eigenvalue weighted by Crippen LogP contribution is 2.13. The number of thiol groups is 1. The van der Waals surface area contributed by atoms with Crippen LogP contribution < -0.4 is 0 Å². The van der Waals surface area contributed by atoms with Crippen LogP contribution in [0.1, 0.15) is 82.3 Å². The summed E-state index contributed by atoms with van der Waals surface area (Å²) in [6.45, 7) is 2.27. The van der Waals surface area contributed by atoms with E-state index < -0.39 is 0 Å². The summed E-state index contributed by atoms with van der Waals surface area (Å²) in [5.41, 5.74) is 2.45. The molecular formula is C20H32OS. The van der Waals surface area contributed by atoms with Crippen LogP contribution in [0.2, 0.25) is 0 Å². The first kappa shape index (κ1) is 19.3. The lowest BCUT2D eigenvalue weighted by molar-refractivity contribution is -0.110. The molecule has 1 rings (SSSR count). The van der Waals surface area contributed by atoms with E-state index in [0.29, 0.717) is 6.42 Å². The smallest absolute Gasteiger partial charge is 0.190 e. The van der Waals surface area contributed by atoms with Gasteiger partial charge in [-0.15, -0.1) is 12.6 Å². The summed E-state index contributed by atoms with van der Waals surface area (Å²) in [5.74, 6) is 0. The van der Waals surface area contributed by atoms with Crippen molar-refractivity contribution in [3.63, 3.8) is 0 Å². The highest BCUT2D eigenvalue weighted by Gasteiger charge is 1.99. The molecule has 1 aromatic rings. The maximum Gasteiger partial charge on any atom is 0.190 e. The van der Waals surface area contributed by atoms with E-state index in [-0.39, 0.29) is 5.12 Å². The summed E-state index contributed by atoms with van der Waals surface area (Å²) in [5, 5.41) is -0.0672. The highest BCUT2D eigenvalue weighted by atomic mass is 32.1. The summed E-state index contributed by atoms with van der Waals surface area (Å²) < 4.78 is 0. The second-order valence-corrected chi connectivity index (χ2v) is 6.82. The fraction of sp³-hybridized carbons (Fsp3) is 0.650. The standard InChI is InChI=1S/C20H32OS/c1-2-3-4-5-6-7-8-9-10-11-12-18-13-15-19(16-14-18)17-20(21)22/h13-16H,2-12,17H2,1H3,(H,21,22). The molecule has 0 saturated heterocycles. The van der Waals surface area contributed by atoms with E-state index in [0.717, 1.165) is 12.0 Å². The number of unbranched alkanes of at least 4 members (excludes halogenated alkanes) is 9. The molecule has 0 atom stereocenters. The summed E-state index contributed by atoms with van der Waals surface area (Å²) in [4.78, 5) is 10.9. The Balaban J connectivity index is 1.99. The van der Waals surface area contributed by atoms with Gasteiger partial charge >= 0.3 is 0 Å². The molecule has 0 bridgehead atoms. The van der Waals surface area contributed by atoms with Gasteiger partial charge < -0.3 is 0 Å². The number of aryl methyl sites for hydroxylation is 1. The van der Waals surface area contributed by atoms with E-state index >= 15 is 0 Å². The van der Waals surface area contributed by atoms with Crippen molar-refractivity contribution in [3.05, 3.63) is 35.4 Å². The zero-order chi connectivity index (χ0) is 16.0. The molecule has 0 saturated carbocycles. The molecule has 1 nitrogen and oxygen atoms in total. The Bertz CT molecular complexity index is 397. The highest BCUT2D eigenvalue weighted by molar-refractivity contribution is 7.96. The number of carbonyl (C=O) groups excluding carboxylic acids is 1. The fourth-order valence-corrected chi connectivity index (χ4v) is 3.00. The summed E-state index contributed by atoms with van der Waals surface area (Å²) >= 11 is 3.82. The normalized spacial score (nSPS) is 10.8. The first-order valence-electron chi connectivity index (χ1n) is 9.02. The van der Waals surface area contributed by atoms with Crippen LogP contribution >= 0.6 is 12.6 Å². The van der Waals surface area contributed by atoms with E-state index in [1.807, 2.05) is 0 Å². The van der Waals surface area contributed by atoms with Gasteiger partial charge in [0.25, 0.3) is 0 Å². The van der Waals surface area contributed by atoms with Gasteiger partial charge in [-0.1, -0.05) is 89.0 Å². The van der Waals surface area contributed by atoms with Gasteiger partial charge in [-0.3, -0.25) is 4.79 Å². The zero-order valence-electron chi connectivity index (χ0n) is 14.2. The monoisotopic (exact) mass is 320 g/mol. The zero-order valence-corrected chi connectivity index (χ0v) is 15.0. The molecular weight excluding hydrogens is 288 g/mol. The molecule has 0 unspecified atom stereocenters. The molecule has 22 heavy (non-hydrogen) atoms. The predicted molar refractivity (Wildman–Crippen MR) is 99.7 cm³/mol. The molecule has 0 fully saturated rings. The van der Waals surface area contributed by atoms with Crippen molar-refractivity contribution < 1.29 is 4.79 Å². The third-order valence-corrected chi connectivity index (χ3v) is 4.36. The van der Waals surface area contributed by atoms with Gasteiger partial charge in [-0.05, 0) is 24.0 Å². The Hall–Kier alpha value is -0.760. The second kappa shape index (κ2) is 12.8. The predicted octanol–water partition coefficient (Wildman–Crippen LogP) is 6.15. The summed E-state index contributed by atoms with van der Waals surface area (Å²) in [6, 6.07) is 8.42. The molecule has 124 valence electrons. The van der Waals surface area contributed by atoms with E-state index in [1.54, 1.807) is 0 Å². The van der Waals surface area contributed by atoms with Crippen molar-refractivity contribution in [1.82, 2.24) is 0 Å². The topological polar surface area (TPSA) is 17.1 Å². The molecule has 0 aliphatic rings. The number of benzene rings is 1. The molecule has 1 aromatic carbocycles. The van der Waals surface area contributed by atoms with E-state index in [1.165, 1.54) is 69.8 Å². The van der Waals surface area contributed by atoms with Crippen LogP contribution in [0.5, 0.6) is 0 Å². The first-order valence-corrected chi connectivity index (χ1v) is 9.46. The fourth-order valence-electron chi connectivity index (χ4n) is 2.81. The Labute approximate surface area is 142 Å². The Morgan fingerprint density at radius 1 is 0.773 bits per heavy atom. The average molecular weight is 321 g/mol. The van der Waals surface area contributed by atoms with Crippen molar-refractivity contribution in [2.24, 2.45) is 0 Å². The summed E-state index contributed by atoms with van der Waals surface area (Å²) in [6.07, 6.45) is 15.4. The second-order valence-electron chi connectivity index (χ2n) is 6.32. The van der Waals surface area contributed by atoms with Crippen LogP contribution in [0, 0.1) is 0 Å². The maximum atomic E-state index is 10.9. The molecule has 0 aliphatic heterocycles. The molecule has 0 N–H and O–H groups in total. The molecule has 0 aromatic heterocycles. The quantitative estimate of drug-likeness (QED) is 0.341. The minimum Gasteiger partial charge on any atom is -0.287 e. The lowest BCUT2D eigenvalue weighted by atomic mass is 10.0. The van der Waals surface area contributed by atoms with Gasteiger partial charge in [0.05, 0.1) is 0 Å². The summed E-state index contributed by atoms with van der Waals surface area (Å²) in [7, 11) is 0. The lowest BCUT2D eigenvalue weighted by Crippen LogP contribution is -1.94. The molecule has 0 heterocycles. The number of hydrogen-bond acceptors (Lipinski definition) is 1. The van der Waals surface area contributed by atoms with Gasteiger partial charge in [0.2, 0.25) is 0 Å². The molecule has 0 aliphatic carbocycles. The van der Waals surface area contributed by atoms with Gasteiger partial charge in [0.1, 0.15) is 0 Å². The van der Waals surface area contributed by atoms with Crippen LogP contribution in [0.4, 0.5) is 0 Å². The molecule has 0 amide bonds. The van der Waals surface area contributed by atoms with E-state index in [2.05, 4.69) is 43.8 Å². The minimum atomic E-state index is -0.0672. The van der Waals surface area contributed by atoms with E-state index in [9.17, 15) is 4.79 Å². The van der Waals surface area contributed by atoms with Crippen molar-refractivity contribution >= 4 is 17.7 Å². The lowest BCUT2D eigenvalue weighted by Gasteiger charge is -2.04. The van der Waals surface area contributed by atoms with Crippen molar-refractivity contribution in [3.8, 4) is 0 Å². The molecule has 0 spiro atoms. The van der Waals surface area contributed by atoms with Crippen LogP contribution in [0.3, 0.4) is 0 Å². The van der Waals surface area contributed by atoms with Crippen LogP contribution in [-0.4, -0.2) is 5.12 Å². The van der Waals surface area contributed by atoms with Crippen molar-refractivity contribution in [2.75, 3.05) is 0 Å². The number of carbonyl (C=O) groups is 1. The Morgan fingerprint density at radius 3 is 1.73 bits per heavy atom. The maximum absolute atomic E-state index is 10.9. The number of hydrogen-bond donors (Lipinski definition) is 1. The Kier molecular flexibility index (Phi) is 11.2. The van der Waals surface area contributed by atoms with Crippen LogP contribution in [0.15, 0.2) is 24.3 Å². The van der Waals surface area contributed by atoms with Gasteiger partial charge in [0, 0.05) is 6.42 Å². The van der Waals surface area contributed by atoms with Crippen molar-refractivity contribution in [2.45, 2.75) is 84.0 Å². The van der Waals surface area contributed by atoms with Crippen LogP contribution in [-0.2, 0) is 17.6 Å². The van der Waals surface area contributed by atoms with Gasteiger partial charge in [0.15, 0.2) is 5.12 Å². The average Bonchev–Trinajstić information content (AvgIpc) is 2.50. The van der Waals surface area contributed by atoms with Gasteiger partial charge in [-0.2, -0.15) is 0 Å². The van der Waals surface area contributed by atoms with Gasteiger partial charge in [-0.25, -0.2) is 0 Å². The largest absolute Gasteiger partial charge is 0.287 e. The third-order valence-electron chi connectivity index (χ3n) is 4.20. The SMILES string of the molecule is CCCCCCCCCCCCc1ccc(CC(=O)S)cc1. The Morgan fingerprint density at radius 2 is 1.23 bits per heavy atom. The van der Waals surface area contributed by atoms with Crippen LogP contribution in [0.25, 0.3) is 0 Å². The molecule has 0 radical (unpaired) electrons.